The van der Waals surface area contributed by atoms with Gasteiger partial charge in [-0.05, 0) is 6.92 Å². The van der Waals surface area contributed by atoms with E-state index in [0.29, 0.717) is 0 Å². The fraction of sp³-hybridized carbons (Fsp3) is 0.100. The summed E-state index contributed by atoms with van der Waals surface area (Å²) >= 11 is 8.92. The number of hydrogen-bond donors (Lipinski definition) is 0. The van der Waals surface area contributed by atoms with Crippen molar-refractivity contribution in [3.63, 3.8) is 0 Å². The van der Waals surface area contributed by atoms with Crippen molar-refractivity contribution < 1.29 is 11.6 Å². The van der Waals surface area contributed by atoms with Gasteiger partial charge in [0.1, 0.15) is 0 Å². The van der Waals surface area contributed by atoms with Crippen LogP contribution in [-0.2, 0) is 11.6 Å². The maximum atomic E-state index is 3.27. The van der Waals surface area contributed by atoms with E-state index in [1.807, 2.05) is 0 Å². The van der Waals surface area contributed by atoms with Crippen LogP contribution in [0.5, 0.6) is 0 Å². The quantitative estimate of drug-likeness (QED) is 0.398. The topological polar surface area (TPSA) is 0 Å². The molecule has 0 aliphatic heterocycles. The number of halogens is 3. The van der Waals surface area contributed by atoms with Crippen molar-refractivity contribution in [2.24, 2.45) is 0 Å². The first-order chi connectivity index (χ1) is 6.59. The molecule has 0 nitrogen and oxygen atoms in total. The predicted molar refractivity (Wildman–Crippen MR) is 71.1 cm³/mol. The van der Waals surface area contributed by atoms with E-state index in [0.717, 1.165) is 0 Å². The molecule has 0 unspecified atom stereocenters. The van der Waals surface area contributed by atoms with E-state index in [1.165, 1.54) is 16.3 Å². The van der Waals surface area contributed by atoms with Crippen molar-refractivity contribution in [1.82, 2.24) is 0 Å². The van der Waals surface area contributed by atoms with Crippen LogP contribution in [0.3, 0.4) is 0 Å². The number of benzene rings is 1. The van der Waals surface area contributed by atoms with Crippen LogP contribution < -0.4 is 0 Å². The van der Waals surface area contributed by atoms with Gasteiger partial charge in [-0.2, -0.15) is 17.5 Å². The molecule has 0 amide bonds. The van der Waals surface area contributed by atoms with Crippen LogP contribution in [-0.4, -0.2) is 0 Å². The Kier molecular flexibility index (Phi) is 6.10. The number of rotatable bonds is 0. The monoisotopic (exact) mass is 414 g/mol. The van der Waals surface area contributed by atoms with Gasteiger partial charge in [-0.1, -0.05) is 5.56 Å². The van der Waals surface area contributed by atoms with Crippen molar-refractivity contribution in [1.29, 1.82) is 0 Å². The van der Waals surface area contributed by atoms with Gasteiger partial charge < -0.3 is 0 Å². The van der Waals surface area contributed by atoms with Crippen molar-refractivity contribution in [2.75, 3.05) is 0 Å². The standard InChI is InChI=1S/C10H9.3BrH.Ti/c1-8-5-6-9-3-2-4-10(9)7-8;;;;/h2-7H,1H3;3*1H;/q-1;;;;+4/p-3. The first-order valence-electron chi connectivity index (χ1n) is 4.05. The second kappa shape index (κ2) is 6.54. The Hall–Kier alpha value is 0.984. The average molecular weight is 417 g/mol. The summed E-state index contributed by atoms with van der Waals surface area (Å²) in [6.45, 7) is 2.12. The van der Waals surface area contributed by atoms with Crippen LogP contribution in [0.4, 0.5) is 0 Å². The van der Waals surface area contributed by atoms with Gasteiger partial charge in [-0.25, -0.2) is 0 Å². The Balaban J connectivity index is 0.000000213. The van der Waals surface area contributed by atoms with Crippen molar-refractivity contribution in [3.05, 3.63) is 42.0 Å². The number of aryl methyl sites for hydroxylation is 1. The van der Waals surface area contributed by atoms with E-state index >= 15 is 0 Å². The Morgan fingerprint density at radius 1 is 1.14 bits per heavy atom. The third-order valence-electron chi connectivity index (χ3n) is 1.79. The van der Waals surface area contributed by atoms with E-state index in [-0.39, 0.29) is 0 Å². The molecule has 0 fully saturated rings. The van der Waals surface area contributed by atoms with Gasteiger partial charge in [-0.3, -0.25) is 0 Å². The molecule has 0 saturated carbocycles. The van der Waals surface area contributed by atoms with Crippen LogP contribution in [0.1, 0.15) is 5.56 Å². The van der Waals surface area contributed by atoms with Crippen LogP contribution in [0.25, 0.3) is 10.8 Å². The van der Waals surface area contributed by atoms with Crippen LogP contribution in [0.2, 0.25) is 0 Å². The molecule has 2 aromatic carbocycles. The van der Waals surface area contributed by atoms with E-state index in [2.05, 4.69) is 82.8 Å². The predicted octanol–water partition coefficient (Wildman–Crippen LogP) is 5.40. The summed E-state index contributed by atoms with van der Waals surface area (Å²) in [4.78, 5) is 0. The summed E-state index contributed by atoms with van der Waals surface area (Å²) in [6.07, 6.45) is 0. The minimum atomic E-state index is -0.896. The molecule has 0 saturated heterocycles. The molecule has 0 aliphatic carbocycles. The minimum absolute atomic E-state index is 0.896. The van der Waals surface area contributed by atoms with Gasteiger partial charge in [-0.15, -0.1) is 29.7 Å². The Bertz CT molecular complexity index is 392. The Morgan fingerprint density at radius 3 is 2.43 bits per heavy atom. The molecule has 74 valence electrons. The molecule has 0 heterocycles. The molecular formula is C10H9Br3Ti. The second-order valence-corrected chi connectivity index (χ2v) is 26.5. The first-order valence-corrected chi connectivity index (χ1v) is 15.6. The molecule has 0 bridgehead atoms. The molecule has 0 aromatic heterocycles. The molecule has 0 radical (unpaired) electrons. The van der Waals surface area contributed by atoms with Gasteiger partial charge >= 0.3 is 51.1 Å². The SMILES string of the molecule is Cc1ccc2[cH-]ccc2c1.[Br][Ti+]([Br])[Br]. The van der Waals surface area contributed by atoms with Crippen molar-refractivity contribution >= 4 is 50.3 Å². The molecule has 0 atom stereocenters. The summed E-state index contributed by atoms with van der Waals surface area (Å²) in [5.74, 6) is 0. The normalized spacial score (nSPS) is 9.43. The molecule has 14 heavy (non-hydrogen) atoms. The molecule has 2 rings (SSSR count). The van der Waals surface area contributed by atoms with E-state index in [4.69, 9.17) is 0 Å². The van der Waals surface area contributed by atoms with E-state index < -0.39 is 11.6 Å². The summed E-state index contributed by atoms with van der Waals surface area (Å²) < 4.78 is 0. The second-order valence-electron chi connectivity index (χ2n) is 2.87. The first kappa shape index (κ1) is 13.1. The van der Waals surface area contributed by atoms with Crippen LogP contribution in [0.15, 0.2) is 36.4 Å². The molecule has 0 spiro atoms. The zero-order valence-corrected chi connectivity index (χ0v) is 13.9. The third kappa shape index (κ3) is 4.67. The number of hydrogen-bond acceptors (Lipinski definition) is 0. The van der Waals surface area contributed by atoms with E-state index in [1.54, 1.807) is 0 Å². The van der Waals surface area contributed by atoms with Gasteiger partial charge in [0.2, 0.25) is 0 Å². The van der Waals surface area contributed by atoms with Gasteiger partial charge in [0.25, 0.3) is 0 Å². The molecule has 0 N–H and O–H groups in total. The molecular weight excluding hydrogens is 408 g/mol. The van der Waals surface area contributed by atoms with Crippen LogP contribution >= 0.6 is 39.5 Å². The van der Waals surface area contributed by atoms with Gasteiger partial charge in [0, 0.05) is 0 Å². The van der Waals surface area contributed by atoms with Gasteiger partial charge in [0.05, 0.1) is 0 Å². The van der Waals surface area contributed by atoms with Crippen LogP contribution in [0, 0.1) is 6.92 Å². The van der Waals surface area contributed by atoms with E-state index in [9.17, 15) is 0 Å². The fourth-order valence-electron chi connectivity index (χ4n) is 1.25. The third-order valence-corrected chi connectivity index (χ3v) is 1.79. The summed E-state index contributed by atoms with van der Waals surface area (Å²) in [7, 11) is 0. The summed E-state index contributed by atoms with van der Waals surface area (Å²) in [6, 6.07) is 12.9. The zero-order valence-electron chi connectivity index (χ0n) is 7.60. The Labute approximate surface area is 109 Å². The van der Waals surface area contributed by atoms with Crippen molar-refractivity contribution in [3.8, 4) is 0 Å². The zero-order chi connectivity index (χ0) is 10.6. The fourth-order valence-corrected chi connectivity index (χ4v) is 1.25. The average Bonchev–Trinajstić information content (AvgIpc) is 2.49. The van der Waals surface area contributed by atoms with Gasteiger partial charge in [0.15, 0.2) is 0 Å². The maximum absolute atomic E-state index is 3.27. The molecule has 0 aliphatic rings. The molecule has 4 heteroatoms. The number of fused-ring (bicyclic) bond motifs is 1. The van der Waals surface area contributed by atoms with Crippen molar-refractivity contribution in [2.45, 2.75) is 6.92 Å². The summed E-state index contributed by atoms with van der Waals surface area (Å²) in [5, 5.41) is 2.69. The Morgan fingerprint density at radius 2 is 1.79 bits per heavy atom. The summed E-state index contributed by atoms with van der Waals surface area (Å²) in [5.41, 5.74) is 1.33. The molecule has 2 aromatic rings.